The molecule has 0 aliphatic heterocycles. The lowest BCUT2D eigenvalue weighted by atomic mass is 10.1. The molecule has 22 heavy (non-hydrogen) atoms. The van der Waals surface area contributed by atoms with Crippen molar-refractivity contribution in [2.24, 2.45) is 5.73 Å². The predicted octanol–water partition coefficient (Wildman–Crippen LogP) is 2.70. The van der Waals surface area contributed by atoms with E-state index < -0.39 is 18.2 Å². The molecule has 0 saturated carbocycles. The molecule has 0 aliphatic rings. The Kier molecular flexibility index (Phi) is 6.27. The van der Waals surface area contributed by atoms with E-state index in [-0.39, 0.29) is 6.04 Å². The van der Waals surface area contributed by atoms with Crippen LogP contribution in [0.5, 0.6) is 0 Å². The number of thiazole rings is 1. The normalized spacial score (nSPS) is 14.1. The van der Waals surface area contributed by atoms with E-state index in [1.807, 2.05) is 31.2 Å². The zero-order chi connectivity index (χ0) is 16.9. The number of nitrogens with zero attached hydrogens (tertiary/aromatic N) is 1. The molecule has 0 amide bonds. The third-order valence-corrected chi connectivity index (χ3v) is 3.79. The standard InChI is InChI=1S/C11H14N2OS.C2HF3O2/c1-2-7(12)10(14)11-13-8-5-3-4-6-9(8)15-11;3-2(4,5)1(6)7/h3-7,10,14H,2,12H2,1H3;(H,6,7)/t7?,10-;/m0./s1. The highest BCUT2D eigenvalue weighted by Crippen LogP contribution is 2.27. The van der Waals surface area contributed by atoms with Gasteiger partial charge in [0.1, 0.15) is 11.1 Å². The molecule has 2 rings (SSSR count). The number of fused-ring (bicyclic) bond motifs is 1. The lowest BCUT2D eigenvalue weighted by Gasteiger charge is -2.13. The molecule has 2 atom stereocenters. The number of aliphatic hydroxyl groups excluding tert-OH is 1. The maximum atomic E-state index is 10.6. The first-order valence-corrected chi connectivity index (χ1v) is 7.07. The molecule has 1 unspecified atom stereocenters. The molecule has 2 aromatic rings. The second-order valence-corrected chi connectivity index (χ2v) is 5.40. The van der Waals surface area contributed by atoms with E-state index in [4.69, 9.17) is 15.6 Å². The number of aliphatic hydroxyl groups is 1. The summed E-state index contributed by atoms with van der Waals surface area (Å²) < 4.78 is 32.8. The molecule has 1 aromatic carbocycles. The van der Waals surface area contributed by atoms with Crippen molar-refractivity contribution in [1.29, 1.82) is 0 Å². The molecule has 0 aliphatic carbocycles. The average Bonchev–Trinajstić information content (AvgIpc) is 2.89. The zero-order valence-corrected chi connectivity index (χ0v) is 12.4. The Bertz CT molecular complexity index is 597. The maximum Gasteiger partial charge on any atom is 0.490 e. The molecular formula is C13H15F3N2O3S. The van der Waals surface area contributed by atoms with Crippen molar-refractivity contribution in [1.82, 2.24) is 4.98 Å². The van der Waals surface area contributed by atoms with Crippen LogP contribution in [0.25, 0.3) is 10.2 Å². The summed E-state index contributed by atoms with van der Waals surface area (Å²) in [7, 11) is 0. The molecule has 122 valence electrons. The topological polar surface area (TPSA) is 96.4 Å². The van der Waals surface area contributed by atoms with Gasteiger partial charge in [-0.3, -0.25) is 0 Å². The Labute approximate surface area is 128 Å². The molecular weight excluding hydrogens is 321 g/mol. The van der Waals surface area contributed by atoms with Crippen LogP contribution in [-0.2, 0) is 4.79 Å². The summed E-state index contributed by atoms with van der Waals surface area (Å²) in [4.78, 5) is 13.3. The fourth-order valence-electron chi connectivity index (χ4n) is 1.42. The second-order valence-electron chi connectivity index (χ2n) is 4.34. The Morgan fingerprint density at radius 2 is 1.95 bits per heavy atom. The summed E-state index contributed by atoms with van der Waals surface area (Å²) in [5.41, 5.74) is 6.72. The van der Waals surface area contributed by atoms with Crippen molar-refractivity contribution in [3.05, 3.63) is 29.3 Å². The van der Waals surface area contributed by atoms with Crippen LogP contribution in [0.2, 0.25) is 0 Å². The number of alkyl halides is 3. The van der Waals surface area contributed by atoms with Crippen molar-refractivity contribution < 1.29 is 28.2 Å². The molecule has 0 radical (unpaired) electrons. The van der Waals surface area contributed by atoms with Gasteiger partial charge in [-0.25, -0.2) is 9.78 Å². The van der Waals surface area contributed by atoms with E-state index >= 15 is 0 Å². The lowest BCUT2D eigenvalue weighted by molar-refractivity contribution is -0.192. The van der Waals surface area contributed by atoms with Gasteiger partial charge in [0.15, 0.2) is 0 Å². The van der Waals surface area contributed by atoms with Gasteiger partial charge in [-0.2, -0.15) is 13.2 Å². The number of aromatic nitrogens is 1. The highest BCUT2D eigenvalue weighted by atomic mass is 32.1. The number of para-hydroxylation sites is 1. The van der Waals surface area contributed by atoms with Crippen molar-refractivity contribution in [2.45, 2.75) is 31.7 Å². The van der Waals surface area contributed by atoms with Crippen molar-refractivity contribution in [3.8, 4) is 0 Å². The highest BCUT2D eigenvalue weighted by Gasteiger charge is 2.38. The number of benzene rings is 1. The number of halogens is 3. The van der Waals surface area contributed by atoms with E-state index in [1.54, 1.807) is 0 Å². The Morgan fingerprint density at radius 1 is 1.41 bits per heavy atom. The fourth-order valence-corrected chi connectivity index (χ4v) is 2.45. The minimum Gasteiger partial charge on any atom is -0.475 e. The first-order valence-electron chi connectivity index (χ1n) is 6.26. The molecule has 0 spiro atoms. The van der Waals surface area contributed by atoms with Crippen LogP contribution in [0.15, 0.2) is 24.3 Å². The van der Waals surface area contributed by atoms with Crippen LogP contribution in [0.4, 0.5) is 13.2 Å². The summed E-state index contributed by atoms with van der Waals surface area (Å²) in [5, 5.41) is 17.8. The minimum absolute atomic E-state index is 0.231. The number of nitrogens with two attached hydrogens (primary N) is 1. The van der Waals surface area contributed by atoms with E-state index in [1.165, 1.54) is 11.3 Å². The lowest BCUT2D eigenvalue weighted by Crippen LogP contribution is -2.27. The highest BCUT2D eigenvalue weighted by molar-refractivity contribution is 7.18. The van der Waals surface area contributed by atoms with E-state index in [0.717, 1.165) is 16.6 Å². The second kappa shape index (κ2) is 7.52. The van der Waals surface area contributed by atoms with Gasteiger partial charge < -0.3 is 15.9 Å². The Balaban J connectivity index is 0.000000295. The van der Waals surface area contributed by atoms with E-state index in [0.29, 0.717) is 5.01 Å². The summed E-state index contributed by atoms with van der Waals surface area (Å²) in [6.45, 7) is 1.96. The summed E-state index contributed by atoms with van der Waals surface area (Å²) in [6.07, 6.45) is -4.98. The van der Waals surface area contributed by atoms with Gasteiger partial charge in [0.25, 0.3) is 0 Å². The molecule has 1 heterocycles. The van der Waals surface area contributed by atoms with E-state index in [9.17, 15) is 18.3 Å². The molecule has 1 aromatic heterocycles. The Morgan fingerprint density at radius 3 is 2.41 bits per heavy atom. The number of aliphatic carboxylic acids is 1. The van der Waals surface area contributed by atoms with Gasteiger partial charge in [-0.05, 0) is 18.6 Å². The fraction of sp³-hybridized carbons (Fsp3) is 0.385. The number of rotatable bonds is 3. The van der Waals surface area contributed by atoms with Gasteiger partial charge in [0.05, 0.1) is 10.2 Å². The number of carboxylic acids is 1. The van der Waals surface area contributed by atoms with Crippen molar-refractivity contribution >= 4 is 27.5 Å². The predicted molar refractivity (Wildman–Crippen MR) is 76.5 cm³/mol. The van der Waals surface area contributed by atoms with Crippen LogP contribution in [0, 0.1) is 0 Å². The first kappa shape index (κ1) is 18.3. The van der Waals surface area contributed by atoms with Gasteiger partial charge >= 0.3 is 12.1 Å². The zero-order valence-electron chi connectivity index (χ0n) is 11.5. The Hall–Kier alpha value is -1.71. The SMILES string of the molecule is CCC(N)[C@H](O)c1nc2ccccc2s1.O=C(O)C(F)(F)F. The summed E-state index contributed by atoms with van der Waals surface area (Å²) >= 11 is 1.51. The van der Waals surface area contributed by atoms with Gasteiger partial charge in [0, 0.05) is 6.04 Å². The van der Waals surface area contributed by atoms with Gasteiger partial charge in [-0.1, -0.05) is 19.1 Å². The number of hydrogen-bond donors (Lipinski definition) is 3. The van der Waals surface area contributed by atoms with Crippen molar-refractivity contribution in [2.75, 3.05) is 0 Å². The summed E-state index contributed by atoms with van der Waals surface area (Å²) in [6, 6.07) is 7.62. The third-order valence-electron chi connectivity index (χ3n) is 2.68. The molecule has 4 N–H and O–H groups in total. The van der Waals surface area contributed by atoms with Crippen LogP contribution >= 0.6 is 11.3 Å². The van der Waals surface area contributed by atoms with Crippen LogP contribution in [-0.4, -0.2) is 33.4 Å². The van der Waals surface area contributed by atoms with Crippen LogP contribution < -0.4 is 5.73 Å². The van der Waals surface area contributed by atoms with Gasteiger partial charge in [-0.15, -0.1) is 11.3 Å². The van der Waals surface area contributed by atoms with Crippen LogP contribution in [0.3, 0.4) is 0 Å². The first-order chi connectivity index (χ1) is 10.2. The van der Waals surface area contributed by atoms with Crippen molar-refractivity contribution in [3.63, 3.8) is 0 Å². The smallest absolute Gasteiger partial charge is 0.475 e. The maximum absolute atomic E-state index is 10.6. The number of carbonyl (C=O) groups is 1. The molecule has 0 bridgehead atoms. The number of hydrogen-bond acceptors (Lipinski definition) is 5. The number of carboxylic acid groups (broad SMARTS) is 1. The molecule has 9 heteroatoms. The molecule has 0 saturated heterocycles. The largest absolute Gasteiger partial charge is 0.490 e. The minimum atomic E-state index is -5.08. The average molecular weight is 336 g/mol. The third kappa shape index (κ3) is 4.93. The van der Waals surface area contributed by atoms with Gasteiger partial charge in [0.2, 0.25) is 0 Å². The monoisotopic (exact) mass is 336 g/mol. The molecule has 0 fully saturated rings. The quantitative estimate of drug-likeness (QED) is 0.801. The van der Waals surface area contributed by atoms with Crippen LogP contribution in [0.1, 0.15) is 24.5 Å². The summed E-state index contributed by atoms with van der Waals surface area (Å²) in [5.74, 6) is -2.76. The molecule has 5 nitrogen and oxygen atoms in total. The van der Waals surface area contributed by atoms with E-state index in [2.05, 4.69) is 4.98 Å².